The van der Waals surface area contributed by atoms with Gasteiger partial charge in [0.1, 0.15) is 5.75 Å². The molecule has 1 unspecified atom stereocenters. The number of fused-ring (bicyclic) bond motifs is 4. The number of aromatic nitrogens is 2. The van der Waals surface area contributed by atoms with Gasteiger partial charge in [-0.15, -0.1) is 0 Å². The third kappa shape index (κ3) is 3.06. The standard InChI is InChI=1S/C26H20BrN5O2/c1-15-22-23(18-14-16(27)12-13-21(18)34-2)31-20-11-7-6-10-19(20)28-26(33)25(31)29-24(22)32(30-15)17-8-4-3-5-9-17/h3-14,23H,1-2H3,(H,28,33). The molecule has 0 radical (unpaired) electrons. The molecule has 34 heavy (non-hydrogen) atoms. The summed E-state index contributed by atoms with van der Waals surface area (Å²) in [6.45, 7) is 1.98. The van der Waals surface area contributed by atoms with Crippen molar-refractivity contribution in [1.82, 2.24) is 9.78 Å². The van der Waals surface area contributed by atoms with E-state index >= 15 is 0 Å². The molecular formula is C26H20BrN5O2. The fourth-order valence-electron chi connectivity index (χ4n) is 4.70. The number of carbonyl (C=O) groups is 1. The summed E-state index contributed by atoms with van der Waals surface area (Å²) in [7, 11) is 1.66. The molecule has 1 aromatic heterocycles. The number of nitrogens with one attached hydrogen (secondary N) is 1. The highest BCUT2D eigenvalue weighted by Crippen LogP contribution is 2.49. The molecule has 7 nitrogen and oxygen atoms in total. The maximum atomic E-state index is 13.3. The van der Waals surface area contributed by atoms with Crippen molar-refractivity contribution in [2.24, 2.45) is 4.99 Å². The van der Waals surface area contributed by atoms with Crippen LogP contribution in [0.5, 0.6) is 5.75 Å². The molecule has 2 aliphatic rings. The Morgan fingerprint density at radius 2 is 1.79 bits per heavy atom. The van der Waals surface area contributed by atoms with Gasteiger partial charge in [0.05, 0.1) is 35.9 Å². The van der Waals surface area contributed by atoms with E-state index in [0.717, 1.165) is 44.1 Å². The van der Waals surface area contributed by atoms with Crippen molar-refractivity contribution in [2.75, 3.05) is 17.3 Å². The van der Waals surface area contributed by atoms with Gasteiger partial charge in [0.15, 0.2) is 5.82 Å². The number of halogens is 1. The summed E-state index contributed by atoms with van der Waals surface area (Å²) >= 11 is 3.62. The normalized spacial score (nSPS) is 16.2. The smallest absolute Gasteiger partial charge is 0.291 e. The Labute approximate surface area is 204 Å². The lowest BCUT2D eigenvalue weighted by Gasteiger charge is -2.40. The zero-order valence-corrected chi connectivity index (χ0v) is 20.1. The number of aliphatic imine (C=N–C) groups is 1. The van der Waals surface area contributed by atoms with E-state index in [-0.39, 0.29) is 11.9 Å². The number of amides is 1. The molecule has 4 aromatic rings. The zero-order valence-electron chi connectivity index (χ0n) is 18.5. The van der Waals surface area contributed by atoms with Gasteiger partial charge in [-0.05, 0) is 49.4 Å². The van der Waals surface area contributed by atoms with Crippen LogP contribution in [0.1, 0.15) is 22.9 Å². The quantitative estimate of drug-likeness (QED) is 0.390. The molecule has 1 atom stereocenters. The van der Waals surface area contributed by atoms with E-state index in [9.17, 15) is 4.79 Å². The number of nitrogens with zero attached hydrogens (tertiary/aromatic N) is 4. The highest BCUT2D eigenvalue weighted by molar-refractivity contribution is 9.10. The maximum absolute atomic E-state index is 13.3. The topological polar surface area (TPSA) is 71.7 Å². The summed E-state index contributed by atoms with van der Waals surface area (Å²) in [5.74, 6) is 1.41. The molecule has 0 saturated carbocycles. The number of anilines is 2. The highest BCUT2D eigenvalue weighted by atomic mass is 79.9. The molecule has 6 rings (SSSR count). The van der Waals surface area contributed by atoms with Crippen LogP contribution in [-0.2, 0) is 4.79 Å². The molecule has 0 aliphatic carbocycles. The number of hydrogen-bond donors (Lipinski definition) is 1. The molecule has 0 fully saturated rings. The first kappa shape index (κ1) is 20.7. The molecule has 0 saturated heterocycles. The molecule has 1 N–H and O–H groups in total. The first-order valence-corrected chi connectivity index (χ1v) is 11.6. The lowest BCUT2D eigenvalue weighted by Crippen LogP contribution is -2.48. The zero-order chi connectivity index (χ0) is 23.4. The van der Waals surface area contributed by atoms with E-state index in [1.807, 2.05) is 84.6 Å². The number of hydrogen-bond acceptors (Lipinski definition) is 5. The Bertz CT molecular complexity index is 1480. The predicted octanol–water partition coefficient (Wildman–Crippen LogP) is 5.54. The van der Waals surface area contributed by atoms with Crippen molar-refractivity contribution in [2.45, 2.75) is 13.0 Å². The van der Waals surface area contributed by atoms with E-state index in [1.54, 1.807) is 11.8 Å². The monoisotopic (exact) mass is 513 g/mol. The highest BCUT2D eigenvalue weighted by Gasteiger charge is 2.43. The Kier molecular flexibility index (Phi) is 4.77. The van der Waals surface area contributed by atoms with Gasteiger partial charge in [-0.25, -0.2) is 9.67 Å². The van der Waals surface area contributed by atoms with Crippen LogP contribution < -0.4 is 15.0 Å². The van der Waals surface area contributed by atoms with Crippen LogP contribution >= 0.6 is 15.9 Å². The number of carbonyl (C=O) groups excluding carboxylic acids is 1. The minimum Gasteiger partial charge on any atom is -0.496 e. The average molecular weight is 514 g/mol. The third-order valence-corrected chi connectivity index (χ3v) is 6.65. The molecule has 2 aliphatic heterocycles. The van der Waals surface area contributed by atoms with E-state index in [0.29, 0.717) is 11.7 Å². The van der Waals surface area contributed by atoms with E-state index < -0.39 is 0 Å². The van der Waals surface area contributed by atoms with E-state index in [1.165, 1.54) is 0 Å². The van der Waals surface area contributed by atoms with Crippen molar-refractivity contribution in [1.29, 1.82) is 0 Å². The summed E-state index contributed by atoms with van der Waals surface area (Å²) in [6.07, 6.45) is 0. The molecule has 1 amide bonds. The molecule has 168 valence electrons. The van der Waals surface area contributed by atoms with Crippen LogP contribution in [0.3, 0.4) is 0 Å². The summed E-state index contributed by atoms with van der Waals surface area (Å²) in [4.78, 5) is 20.2. The molecular weight excluding hydrogens is 494 g/mol. The number of aryl methyl sites for hydroxylation is 1. The SMILES string of the molecule is COc1ccc(Br)cc1C1c2c(C)nn(-c3ccccc3)c2N=C2C(=O)Nc3ccccc3N21. The van der Waals surface area contributed by atoms with Gasteiger partial charge < -0.3 is 15.0 Å². The lowest BCUT2D eigenvalue weighted by atomic mass is 9.92. The molecule has 3 heterocycles. The van der Waals surface area contributed by atoms with Crippen molar-refractivity contribution >= 4 is 44.9 Å². The van der Waals surface area contributed by atoms with Crippen molar-refractivity contribution in [3.8, 4) is 11.4 Å². The van der Waals surface area contributed by atoms with Crippen LogP contribution in [0.15, 0.2) is 82.3 Å². The Morgan fingerprint density at radius 3 is 2.59 bits per heavy atom. The van der Waals surface area contributed by atoms with Gasteiger partial charge in [0.2, 0.25) is 5.84 Å². The number of para-hydroxylation sites is 3. The van der Waals surface area contributed by atoms with Crippen molar-refractivity contribution in [3.63, 3.8) is 0 Å². The van der Waals surface area contributed by atoms with E-state index in [4.69, 9.17) is 14.8 Å². The van der Waals surface area contributed by atoms with Crippen molar-refractivity contribution in [3.05, 3.63) is 94.1 Å². The average Bonchev–Trinajstić information content (AvgIpc) is 3.19. The van der Waals surface area contributed by atoms with Crippen LogP contribution in [0.25, 0.3) is 5.69 Å². The Hall–Kier alpha value is -3.91. The summed E-state index contributed by atoms with van der Waals surface area (Å²) in [5.41, 5.74) is 5.14. The van der Waals surface area contributed by atoms with Gasteiger partial charge >= 0.3 is 0 Å². The van der Waals surface area contributed by atoms with Crippen LogP contribution in [0.4, 0.5) is 17.2 Å². The summed E-state index contributed by atoms with van der Waals surface area (Å²) in [6, 6.07) is 23.1. The lowest BCUT2D eigenvalue weighted by molar-refractivity contribution is -0.110. The van der Waals surface area contributed by atoms with Crippen LogP contribution in [-0.4, -0.2) is 28.6 Å². The molecule has 0 bridgehead atoms. The van der Waals surface area contributed by atoms with Crippen molar-refractivity contribution < 1.29 is 9.53 Å². The number of rotatable bonds is 3. The Morgan fingerprint density at radius 1 is 1.03 bits per heavy atom. The Balaban J connectivity index is 1.69. The molecule has 3 aromatic carbocycles. The van der Waals surface area contributed by atoms with Gasteiger partial charge in [-0.1, -0.05) is 46.3 Å². The summed E-state index contributed by atoms with van der Waals surface area (Å²) in [5, 5.41) is 7.84. The largest absolute Gasteiger partial charge is 0.496 e. The van der Waals surface area contributed by atoms with Crippen LogP contribution in [0, 0.1) is 6.92 Å². The van der Waals surface area contributed by atoms with E-state index in [2.05, 4.69) is 21.2 Å². The van der Waals surface area contributed by atoms with Gasteiger partial charge in [0, 0.05) is 15.6 Å². The second-order valence-electron chi connectivity index (χ2n) is 8.14. The van der Waals surface area contributed by atoms with Gasteiger partial charge in [0.25, 0.3) is 5.91 Å². The predicted molar refractivity (Wildman–Crippen MR) is 135 cm³/mol. The first-order valence-electron chi connectivity index (χ1n) is 10.8. The van der Waals surface area contributed by atoms with Gasteiger partial charge in [-0.3, -0.25) is 4.79 Å². The second kappa shape index (κ2) is 7.85. The fourth-order valence-corrected chi connectivity index (χ4v) is 5.08. The fraction of sp³-hybridized carbons (Fsp3) is 0.115. The number of amidine groups is 1. The van der Waals surface area contributed by atoms with Gasteiger partial charge in [-0.2, -0.15) is 5.10 Å². The minimum atomic E-state index is -0.375. The number of benzene rings is 3. The molecule has 0 spiro atoms. The summed E-state index contributed by atoms with van der Waals surface area (Å²) < 4.78 is 8.50. The number of ether oxygens (including phenoxy) is 1. The third-order valence-electron chi connectivity index (χ3n) is 6.15. The second-order valence-corrected chi connectivity index (χ2v) is 9.05. The van der Waals surface area contributed by atoms with Crippen LogP contribution in [0.2, 0.25) is 0 Å². The maximum Gasteiger partial charge on any atom is 0.291 e. The first-order chi connectivity index (χ1) is 16.6. The number of methoxy groups -OCH3 is 1. The minimum absolute atomic E-state index is 0.262. The molecule has 8 heteroatoms.